The van der Waals surface area contributed by atoms with Crippen molar-refractivity contribution in [3.05, 3.63) is 0 Å². The van der Waals surface area contributed by atoms with Crippen LogP contribution < -0.4 is 5.32 Å². The van der Waals surface area contributed by atoms with Crippen molar-refractivity contribution in [3.8, 4) is 0 Å². The molecule has 1 aliphatic heterocycles. The van der Waals surface area contributed by atoms with Crippen LogP contribution >= 0.6 is 0 Å². The largest absolute Gasteiger partial charge is 0.465 e. The van der Waals surface area contributed by atoms with Crippen molar-refractivity contribution in [2.75, 3.05) is 46.9 Å². The summed E-state index contributed by atoms with van der Waals surface area (Å²) in [5.74, 6) is 4.33. The molecule has 0 saturated carbocycles. The van der Waals surface area contributed by atoms with Crippen molar-refractivity contribution < 1.29 is 19.1 Å². The minimum atomic E-state index is -0.000876. The SMILES string of the molecule is C1CCNCC1.CC(C)CCC(COC(=O)CCCCCCCCCC(CCCCCCCCCC(=O)OCC(CCC(C)C)C(C)C)CN(C)C)C(C)C. The fourth-order valence-electron chi connectivity index (χ4n) is 7.67. The van der Waals surface area contributed by atoms with Crippen LogP contribution in [0.15, 0.2) is 0 Å². The van der Waals surface area contributed by atoms with Gasteiger partial charge in [-0.1, -0.05) is 152 Å². The number of hydrogen-bond donors (Lipinski definition) is 1. The Labute approximate surface area is 344 Å². The Hall–Kier alpha value is -1.14. The number of carbonyl (C=O) groups excluding carboxylic acids is 2. The van der Waals surface area contributed by atoms with E-state index in [-0.39, 0.29) is 11.9 Å². The van der Waals surface area contributed by atoms with Gasteiger partial charge < -0.3 is 19.7 Å². The van der Waals surface area contributed by atoms with Gasteiger partial charge in [0, 0.05) is 19.4 Å². The monoisotopic (exact) mass is 779 g/mol. The number of piperidine rings is 1. The second-order valence-electron chi connectivity index (χ2n) is 19.3. The van der Waals surface area contributed by atoms with Gasteiger partial charge in [0.2, 0.25) is 0 Å². The Balaban J connectivity index is 0.00000439. The summed E-state index contributed by atoms with van der Waals surface area (Å²) in [6, 6.07) is 0. The highest BCUT2D eigenvalue weighted by Gasteiger charge is 2.18. The fourth-order valence-corrected chi connectivity index (χ4v) is 7.67. The van der Waals surface area contributed by atoms with Crippen LogP contribution in [0.4, 0.5) is 0 Å². The lowest BCUT2D eigenvalue weighted by atomic mass is 9.89. The third kappa shape index (κ3) is 36.9. The van der Waals surface area contributed by atoms with Crippen molar-refractivity contribution in [1.82, 2.24) is 10.2 Å². The molecule has 1 aliphatic rings. The molecule has 1 N–H and O–H groups in total. The van der Waals surface area contributed by atoms with E-state index >= 15 is 0 Å². The first-order chi connectivity index (χ1) is 26.3. The molecule has 0 aromatic rings. The minimum absolute atomic E-state index is 0.000876. The third-order valence-corrected chi connectivity index (χ3v) is 11.8. The second kappa shape index (κ2) is 37.2. The predicted octanol–water partition coefficient (Wildman–Crippen LogP) is 13.4. The van der Waals surface area contributed by atoms with Crippen LogP contribution in [-0.4, -0.2) is 63.8 Å². The summed E-state index contributed by atoms with van der Waals surface area (Å²) in [5, 5.41) is 3.28. The van der Waals surface area contributed by atoms with Crippen LogP contribution in [0.5, 0.6) is 0 Å². The molecule has 1 heterocycles. The molecule has 6 heteroatoms. The van der Waals surface area contributed by atoms with Gasteiger partial charge >= 0.3 is 11.9 Å². The number of ether oxygens (including phenoxy) is 2. The van der Waals surface area contributed by atoms with Crippen LogP contribution in [0.3, 0.4) is 0 Å². The maximum atomic E-state index is 12.2. The molecule has 0 bridgehead atoms. The molecule has 328 valence electrons. The maximum Gasteiger partial charge on any atom is 0.305 e. The Morgan fingerprint density at radius 2 is 0.855 bits per heavy atom. The smallest absolute Gasteiger partial charge is 0.305 e. The minimum Gasteiger partial charge on any atom is -0.465 e. The number of rotatable bonds is 34. The van der Waals surface area contributed by atoms with Crippen molar-refractivity contribution in [1.29, 1.82) is 0 Å². The van der Waals surface area contributed by atoms with Crippen molar-refractivity contribution in [2.45, 2.75) is 216 Å². The van der Waals surface area contributed by atoms with Crippen molar-refractivity contribution in [2.24, 2.45) is 41.4 Å². The summed E-state index contributed by atoms with van der Waals surface area (Å²) in [5.41, 5.74) is 0. The molecule has 0 spiro atoms. The van der Waals surface area contributed by atoms with Gasteiger partial charge in [0.05, 0.1) is 13.2 Å². The van der Waals surface area contributed by atoms with Crippen LogP contribution in [0, 0.1) is 41.4 Å². The van der Waals surface area contributed by atoms with E-state index in [2.05, 4.69) is 79.7 Å². The number of nitrogens with zero attached hydrogens (tertiary/aromatic N) is 1. The lowest BCUT2D eigenvalue weighted by molar-refractivity contribution is -0.146. The van der Waals surface area contributed by atoms with Crippen LogP contribution in [-0.2, 0) is 19.1 Å². The average molecular weight is 779 g/mol. The lowest BCUT2D eigenvalue weighted by Crippen LogP contribution is -2.21. The fraction of sp³-hybridized carbons (Fsp3) is 0.959. The Bertz CT molecular complexity index is 784. The van der Waals surface area contributed by atoms with Gasteiger partial charge in [-0.3, -0.25) is 9.59 Å². The summed E-state index contributed by atoms with van der Waals surface area (Å²) in [6.45, 7) is 22.9. The van der Waals surface area contributed by atoms with Gasteiger partial charge in [0.1, 0.15) is 0 Å². The van der Waals surface area contributed by atoms with Gasteiger partial charge in [0.25, 0.3) is 0 Å². The molecular weight excluding hydrogens is 681 g/mol. The van der Waals surface area contributed by atoms with E-state index in [0.717, 1.165) is 44.4 Å². The molecular formula is C49H98N2O4. The van der Waals surface area contributed by atoms with Crippen LogP contribution in [0.25, 0.3) is 0 Å². The Kier molecular flexibility index (Phi) is 36.4. The molecule has 1 rings (SSSR count). The van der Waals surface area contributed by atoms with E-state index in [1.807, 2.05) is 0 Å². The maximum absolute atomic E-state index is 12.2. The summed E-state index contributed by atoms with van der Waals surface area (Å²) in [6.07, 6.45) is 30.1. The van der Waals surface area contributed by atoms with E-state index in [0.29, 0.717) is 61.6 Å². The van der Waals surface area contributed by atoms with E-state index in [4.69, 9.17) is 9.47 Å². The number of unbranched alkanes of at least 4 members (excludes halogenated alkanes) is 12. The molecule has 0 radical (unpaired) electrons. The summed E-state index contributed by atoms with van der Waals surface area (Å²) < 4.78 is 11.3. The van der Waals surface area contributed by atoms with Gasteiger partial charge in [0.15, 0.2) is 0 Å². The van der Waals surface area contributed by atoms with E-state index < -0.39 is 0 Å². The van der Waals surface area contributed by atoms with Crippen LogP contribution in [0.2, 0.25) is 0 Å². The second-order valence-corrected chi connectivity index (χ2v) is 19.3. The van der Waals surface area contributed by atoms with Crippen molar-refractivity contribution >= 4 is 11.9 Å². The summed E-state index contributed by atoms with van der Waals surface area (Å²) in [7, 11) is 4.42. The topological polar surface area (TPSA) is 67.9 Å². The molecule has 2 unspecified atom stereocenters. The first-order valence-electron chi connectivity index (χ1n) is 24.0. The zero-order valence-corrected chi connectivity index (χ0v) is 38.8. The molecule has 0 amide bonds. The third-order valence-electron chi connectivity index (χ3n) is 11.8. The first kappa shape index (κ1) is 53.9. The molecule has 2 atom stereocenters. The van der Waals surface area contributed by atoms with E-state index in [1.54, 1.807) is 0 Å². The Morgan fingerprint density at radius 1 is 0.491 bits per heavy atom. The molecule has 0 aliphatic carbocycles. The van der Waals surface area contributed by atoms with Gasteiger partial charge in [-0.05, 0) is 120 Å². The normalized spacial score (nSPS) is 15.0. The summed E-state index contributed by atoms with van der Waals surface area (Å²) in [4.78, 5) is 26.9. The highest BCUT2D eigenvalue weighted by atomic mass is 16.5. The van der Waals surface area contributed by atoms with E-state index in [1.165, 1.54) is 129 Å². The van der Waals surface area contributed by atoms with Crippen LogP contribution in [0.1, 0.15) is 216 Å². The predicted molar refractivity (Wildman–Crippen MR) is 239 cm³/mol. The molecule has 6 nitrogen and oxygen atoms in total. The molecule has 0 aromatic heterocycles. The number of nitrogens with one attached hydrogen (secondary N) is 1. The lowest BCUT2D eigenvalue weighted by Gasteiger charge is -2.21. The zero-order chi connectivity index (χ0) is 41.1. The molecule has 1 fully saturated rings. The molecule has 55 heavy (non-hydrogen) atoms. The highest BCUT2D eigenvalue weighted by Crippen LogP contribution is 2.23. The molecule has 1 saturated heterocycles. The number of carbonyl (C=O) groups is 2. The molecule has 0 aromatic carbocycles. The zero-order valence-electron chi connectivity index (χ0n) is 38.8. The average Bonchev–Trinajstić information content (AvgIpc) is 3.13. The van der Waals surface area contributed by atoms with Gasteiger partial charge in [-0.15, -0.1) is 0 Å². The summed E-state index contributed by atoms with van der Waals surface area (Å²) >= 11 is 0. The highest BCUT2D eigenvalue weighted by molar-refractivity contribution is 5.69. The van der Waals surface area contributed by atoms with Crippen molar-refractivity contribution in [3.63, 3.8) is 0 Å². The van der Waals surface area contributed by atoms with Gasteiger partial charge in [-0.25, -0.2) is 0 Å². The number of esters is 2. The van der Waals surface area contributed by atoms with E-state index in [9.17, 15) is 9.59 Å². The van der Waals surface area contributed by atoms with Gasteiger partial charge in [-0.2, -0.15) is 0 Å². The standard InChI is InChI=1S/C44H87NO4.C5H11N/c1-36(2)29-31-41(38(5)6)34-48-43(46)27-23-19-15-11-13-17-21-25-40(33-45(9)10)26-22-18-14-12-16-20-24-28-44(47)49-35-42(39(7)8)32-30-37(3)4;1-2-4-6-5-3-1/h36-42H,11-35H2,1-10H3;6H,1-5H2. The first-order valence-corrected chi connectivity index (χ1v) is 24.0. The quantitative estimate of drug-likeness (QED) is 0.0518. The Morgan fingerprint density at radius 3 is 1.15 bits per heavy atom. The number of hydrogen-bond acceptors (Lipinski definition) is 6.